The van der Waals surface area contributed by atoms with Crippen molar-refractivity contribution in [3.05, 3.63) is 169 Å². The molecule has 3 heterocycles. The van der Waals surface area contributed by atoms with Crippen molar-refractivity contribution in [1.82, 2.24) is 14.5 Å². The van der Waals surface area contributed by atoms with E-state index >= 15 is 0 Å². The number of dihydropyridines is 1. The van der Waals surface area contributed by atoms with Gasteiger partial charge >= 0.3 is 0 Å². The highest BCUT2D eigenvalue weighted by molar-refractivity contribution is 6.19. The van der Waals surface area contributed by atoms with Crippen LogP contribution in [0.5, 0.6) is 0 Å². The standard InChI is InChI=1S/C41H29N3/c1-3-13-28(14-4-1)29-15-11-16-30(25-29)36-21-12-24-41(42-36)44-38-23-10-8-20-33(38)35-26-39-34(27-40(35)44)32-19-7-9-22-37(32)43(39)31-17-5-2-6-18-31/h1-27,36,42H. The molecule has 0 bridgehead atoms. The van der Waals surface area contributed by atoms with Gasteiger partial charge in [-0.3, -0.25) is 4.57 Å². The van der Waals surface area contributed by atoms with Gasteiger partial charge in [0.2, 0.25) is 0 Å². The fourth-order valence-corrected chi connectivity index (χ4v) is 6.93. The number of allylic oxidation sites excluding steroid dienone is 2. The Kier molecular flexibility index (Phi) is 5.57. The van der Waals surface area contributed by atoms with Crippen molar-refractivity contribution in [2.75, 3.05) is 0 Å². The Morgan fingerprint density at radius 1 is 0.455 bits per heavy atom. The van der Waals surface area contributed by atoms with E-state index in [-0.39, 0.29) is 6.04 Å². The van der Waals surface area contributed by atoms with Crippen molar-refractivity contribution in [2.45, 2.75) is 6.04 Å². The Labute approximate surface area is 255 Å². The van der Waals surface area contributed by atoms with Crippen molar-refractivity contribution in [2.24, 2.45) is 0 Å². The van der Waals surface area contributed by atoms with Gasteiger partial charge in [-0.25, -0.2) is 0 Å². The average Bonchev–Trinajstić information content (AvgIpc) is 3.60. The molecule has 0 saturated carbocycles. The second kappa shape index (κ2) is 9.89. The Morgan fingerprint density at radius 2 is 1.05 bits per heavy atom. The van der Waals surface area contributed by atoms with Crippen LogP contribution in [-0.4, -0.2) is 9.13 Å². The second-order valence-corrected chi connectivity index (χ2v) is 11.5. The minimum Gasteiger partial charge on any atom is -0.361 e. The quantitative estimate of drug-likeness (QED) is 0.226. The van der Waals surface area contributed by atoms with E-state index in [9.17, 15) is 0 Å². The summed E-state index contributed by atoms with van der Waals surface area (Å²) in [4.78, 5) is 0. The number of para-hydroxylation sites is 3. The lowest BCUT2D eigenvalue weighted by atomic mass is 9.98. The number of aromatic nitrogens is 2. The van der Waals surface area contributed by atoms with E-state index < -0.39 is 0 Å². The Morgan fingerprint density at radius 3 is 1.77 bits per heavy atom. The predicted molar refractivity (Wildman–Crippen MR) is 185 cm³/mol. The lowest BCUT2D eigenvalue weighted by molar-refractivity contribution is 0.736. The van der Waals surface area contributed by atoms with E-state index in [4.69, 9.17) is 0 Å². The van der Waals surface area contributed by atoms with Crippen molar-refractivity contribution in [3.63, 3.8) is 0 Å². The molecule has 44 heavy (non-hydrogen) atoms. The zero-order valence-corrected chi connectivity index (χ0v) is 24.1. The molecule has 2 aromatic heterocycles. The highest BCUT2D eigenvalue weighted by Gasteiger charge is 2.21. The van der Waals surface area contributed by atoms with Crippen LogP contribution in [0.3, 0.4) is 0 Å². The topological polar surface area (TPSA) is 21.9 Å². The molecule has 1 unspecified atom stereocenters. The smallest absolute Gasteiger partial charge is 0.111 e. The first-order valence-electron chi connectivity index (χ1n) is 15.2. The van der Waals surface area contributed by atoms with E-state index in [2.05, 4.69) is 178 Å². The van der Waals surface area contributed by atoms with Gasteiger partial charge in [-0.05, 0) is 65.2 Å². The predicted octanol–water partition coefficient (Wildman–Crippen LogP) is 10.3. The van der Waals surface area contributed by atoms with Gasteiger partial charge in [-0.2, -0.15) is 0 Å². The molecule has 0 spiro atoms. The van der Waals surface area contributed by atoms with Crippen molar-refractivity contribution < 1.29 is 0 Å². The first-order valence-corrected chi connectivity index (χ1v) is 15.2. The first kappa shape index (κ1) is 24.8. The maximum Gasteiger partial charge on any atom is 0.111 e. The van der Waals surface area contributed by atoms with Gasteiger partial charge < -0.3 is 9.88 Å². The summed E-state index contributed by atoms with van der Waals surface area (Å²) in [7, 11) is 0. The molecule has 3 nitrogen and oxygen atoms in total. The summed E-state index contributed by atoms with van der Waals surface area (Å²) in [6, 6.07) is 52.5. The Hall–Kier alpha value is -5.80. The summed E-state index contributed by atoms with van der Waals surface area (Å²) in [5.74, 6) is 1.07. The lowest BCUT2D eigenvalue weighted by Crippen LogP contribution is -2.23. The molecule has 1 N–H and O–H groups in total. The van der Waals surface area contributed by atoms with Crippen LogP contribution in [0.15, 0.2) is 164 Å². The molecule has 1 aliphatic heterocycles. The monoisotopic (exact) mass is 563 g/mol. The third-order valence-corrected chi connectivity index (χ3v) is 8.94. The molecule has 0 amide bonds. The van der Waals surface area contributed by atoms with Gasteiger partial charge in [-0.1, -0.05) is 115 Å². The highest BCUT2D eigenvalue weighted by atomic mass is 15.2. The third kappa shape index (κ3) is 3.83. The molecule has 0 radical (unpaired) electrons. The van der Waals surface area contributed by atoms with Gasteiger partial charge in [0.05, 0.1) is 28.1 Å². The number of rotatable bonds is 4. The van der Waals surface area contributed by atoms with E-state index in [1.807, 2.05) is 0 Å². The highest BCUT2D eigenvalue weighted by Crippen LogP contribution is 2.40. The van der Waals surface area contributed by atoms with Gasteiger partial charge in [-0.15, -0.1) is 0 Å². The van der Waals surface area contributed by atoms with E-state index in [0.717, 1.165) is 5.82 Å². The number of fused-ring (bicyclic) bond motifs is 6. The number of nitrogens with zero attached hydrogens (tertiary/aromatic N) is 2. The SMILES string of the molecule is C1=CC(c2cccc(-c3ccccc3)c2)NC(n2c3ccccc3c3cc4c(cc32)c2ccccc2n4-c2ccccc2)=C1. The first-order chi connectivity index (χ1) is 21.8. The molecule has 1 atom stereocenters. The van der Waals surface area contributed by atoms with Crippen molar-refractivity contribution >= 4 is 49.4 Å². The van der Waals surface area contributed by atoms with Crippen LogP contribution in [0.1, 0.15) is 11.6 Å². The molecule has 1 aliphatic rings. The fraction of sp³-hybridized carbons (Fsp3) is 0.0244. The van der Waals surface area contributed by atoms with Gasteiger partial charge in [0, 0.05) is 27.2 Å². The lowest BCUT2D eigenvalue weighted by Gasteiger charge is -2.24. The molecule has 0 fully saturated rings. The van der Waals surface area contributed by atoms with Gasteiger partial charge in [0.1, 0.15) is 5.82 Å². The van der Waals surface area contributed by atoms with Crippen LogP contribution in [0, 0.1) is 0 Å². The minimum absolute atomic E-state index is 0.0543. The normalized spacial score (nSPS) is 14.8. The largest absolute Gasteiger partial charge is 0.361 e. The maximum absolute atomic E-state index is 3.88. The summed E-state index contributed by atoms with van der Waals surface area (Å²) >= 11 is 0. The summed E-state index contributed by atoms with van der Waals surface area (Å²) in [6.45, 7) is 0. The van der Waals surface area contributed by atoms with Gasteiger partial charge in [0.25, 0.3) is 0 Å². The molecule has 0 aliphatic carbocycles. The van der Waals surface area contributed by atoms with E-state index in [1.54, 1.807) is 0 Å². The number of nitrogens with one attached hydrogen (secondary N) is 1. The molecule has 208 valence electrons. The summed E-state index contributed by atoms with van der Waals surface area (Å²) in [6.07, 6.45) is 6.63. The molecule has 3 heteroatoms. The second-order valence-electron chi connectivity index (χ2n) is 11.5. The Bertz CT molecular complexity index is 2410. The molecular formula is C41H29N3. The summed E-state index contributed by atoms with van der Waals surface area (Å²) in [5.41, 5.74) is 9.68. The van der Waals surface area contributed by atoms with Crippen LogP contribution in [0.2, 0.25) is 0 Å². The maximum atomic E-state index is 3.88. The van der Waals surface area contributed by atoms with Crippen LogP contribution in [0.25, 0.3) is 66.2 Å². The minimum atomic E-state index is 0.0543. The third-order valence-electron chi connectivity index (χ3n) is 8.94. The molecule has 6 aromatic carbocycles. The zero-order valence-electron chi connectivity index (χ0n) is 24.1. The number of hydrogen-bond donors (Lipinski definition) is 1. The molecular weight excluding hydrogens is 534 g/mol. The van der Waals surface area contributed by atoms with Crippen molar-refractivity contribution in [1.29, 1.82) is 0 Å². The fourth-order valence-electron chi connectivity index (χ4n) is 6.93. The average molecular weight is 564 g/mol. The number of benzene rings is 6. The van der Waals surface area contributed by atoms with Crippen LogP contribution < -0.4 is 5.32 Å². The molecule has 8 aromatic rings. The van der Waals surface area contributed by atoms with Gasteiger partial charge in [0.15, 0.2) is 0 Å². The zero-order chi connectivity index (χ0) is 29.0. The van der Waals surface area contributed by atoms with Crippen LogP contribution in [-0.2, 0) is 0 Å². The van der Waals surface area contributed by atoms with Crippen molar-refractivity contribution in [3.8, 4) is 16.8 Å². The number of hydrogen-bond acceptors (Lipinski definition) is 1. The summed E-state index contributed by atoms with van der Waals surface area (Å²) < 4.78 is 4.79. The Balaban J connectivity index is 1.23. The van der Waals surface area contributed by atoms with E-state index in [0.29, 0.717) is 0 Å². The summed E-state index contributed by atoms with van der Waals surface area (Å²) in [5, 5.41) is 8.88. The van der Waals surface area contributed by atoms with Crippen LogP contribution in [0.4, 0.5) is 0 Å². The molecule has 9 rings (SSSR count). The molecule has 0 saturated heterocycles. The van der Waals surface area contributed by atoms with Crippen LogP contribution >= 0.6 is 0 Å². The van der Waals surface area contributed by atoms with E-state index in [1.165, 1.54) is 66.0 Å².